The van der Waals surface area contributed by atoms with Crippen LogP contribution in [-0.4, -0.2) is 33.4 Å². The molecular formula is C31H32FN3O3. The molecule has 0 unspecified atom stereocenters. The Morgan fingerprint density at radius 3 is 2.68 bits per heavy atom. The van der Waals surface area contributed by atoms with E-state index >= 15 is 0 Å². The van der Waals surface area contributed by atoms with Crippen molar-refractivity contribution < 1.29 is 19.1 Å². The monoisotopic (exact) mass is 513 g/mol. The van der Waals surface area contributed by atoms with Gasteiger partial charge >= 0.3 is 0 Å². The molecule has 5 rings (SSSR count). The van der Waals surface area contributed by atoms with E-state index in [1.807, 2.05) is 19.1 Å². The van der Waals surface area contributed by atoms with Crippen molar-refractivity contribution in [2.24, 2.45) is 0 Å². The van der Waals surface area contributed by atoms with Crippen molar-refractivity contribution in [1.29, 1.82) is 0 Å². The van der Waals surface area contributed by atoms with Gasteiger partial charge in [0.25, 0.3) is 5.91 Å². The molecule has 3 aromatic rings. The zero-order chi connectivity index (χ0) is 26.6. The number of amides is 2. The van der Waals surface area contributed by atoms with Crippen LogP contribution in [0.15, 0.2) is 60.7 Å². The predicted molar refractivity (Wildman–Crippen MR) is 144 cm³/mol. The third-order valence-corrected chi connectivity index (χ3v) is 7.34. The van der Waals surface area contributed by atoms with Gasteiger partial charge in [-0.3, -0.25) is 9.59 Å². The van der Waals surface area contributed by atoms with Gasteiger partial charge in [0.05, 0.1) is 11.7 Å². The van der Waals surface area contributed by atoms with Crippen LogP contribution in [0.3, 0.4) is 0 Å². The number of hydrogen-bond acceptors (Lipinski definition) is 4. The fourth-order valence-electron chi connectivity index (χ4n) is 5.50. The minimum atomic E-state index is -0.369. The van der Waals surface area contributed by atoms with Gasteiger partial charge in [0.2, 0.25) is 5.91 Å². The smallest absolute Gasteiger partial charge is 0.270 e. The normalized spacial score (nSPS) is 16.3. The highest BCUT2D eigenvalue weighted by atomic mass is 19.1. The summed E-state index contributed by atoms with van der Waals surface area (Å²) in [6.45, 7) is 2.28. The van der Waals surface area contributed by atoms with Crippen molar-refractivity contribution >= 4 is 17.4 Å². The van der Waals surface area contributed by atoms with Gasteiger partial charge in [-0.05, 0) is 72.2 Å². The number of aliphatic hydroxyl groups excluding tert-OH is 1. The van der Waals surface area contributed by atoms with Crippen molar-refractivity contribution in [1.82, 2.24) is 15.2 Å². The summed E-state index contributed by atoms with van der Waals surface area (Å²) in [5.41, 5.74) is 6.62. The Kier molecular flexibility index (Phi) is 7.65. The lowest BCUT2D eigenvalue weighted by Gasteiger charge is -2.25. The molecule has 2 N–H and O–H groups in total. The van der Waals surface area contributed by atoms with Crippen molar-refractivity contribution in [3.8, 4) is 11.3 Å². The van der Waals surface area contributed by atoms with Gasteiger partial charge in [-0.15, -0.1) is 0 Å². The first kappa shape index (κ1) is 25.8. The summed E-state index contributed by atoms with van der Waals surface area (Å²) < 4.78 is 13.6. The molecule has 1 aliphatic heterocycles. The molecule has 196 valence electrons. The summed E-state index contributed by atoms with van der Waals surface area (Å²) in [6, 6.07) is 15.7. The second kappa shape index (κ2) is 11.3. The van der Waals surface area contributed by atoms with E-state index in [-0.39, 0.29) is 42.5 Å². The lowest BCUT2D eigenvalue weighted by molar-refractivity contribution is -0.133. The topological polar surface area (TPSA) is 82.5 Å². The standard InChI is InChI=1S/C31H32FN3O3/c1-2-28(37)35-19-24-17-26(31(38)33-18-20-7-5-12-25(32)15-20)34-30(29(24)27(35)13-14-36)23-11-6-10-22(16-23)21-8-3-4-9-21/h5-8,10-12,15-17,27,36H,2-4,9,13-14,18-19H2,1H3,(H,33,38)/t27-/m1/s1. The van der Waals surface area contributed by atoms with E-state index in [2.05, 4.69) is 23.5 Å². The van der Waals surface area contributed by atoms with E-state index in [0.29, 0.717) is 30.6 Å². The molecule has 38 heavy (non-hydrogen) atoms. The summed E-state index contributed by atoms with van der Waals surface area (Å²) in [4.78, 5) is 32.7. The Hall–Kier alpha value is -3.84. The highest BCUT2D eigenvalue weighted by Crippen LogP contribution is 2.42. The number of pyridine rings is 1. The number of aromatic nitrogens is 1. The third-order valence-electron chi connectivity index (χ3n) is 7.34. The van der Waals surface area contributed by atoms with Gasteiger partial charge in [-0.1, -0.05) is 43.3 Å². The largest absolute Gasteiger partial charge is 0.396 e. The molecule has 0 spiro atoms. The Labute approximate surface area is 222 Å². The zero-order valence-corrected chi connectivity index (χ0v) is 21.5. The lowest BCUT2D eigenvalue weighted by Crippen LogP contribution is -2.29. The summed E-state index contributed by atoms with van der Waals surface area (Å²) in [6.07, 6.45) is 6.25. The summed E-state index contributed by atoms with van der Waals surface area (Å²) >= 11 is 0. The first-order valence-electron chi connectivity index (χ1n) is 13.2. The van der Waals surface area contributed by atoms with Crippen molar-refractivity contribution in [3.63, 3.8) is 0 Å². The maximum atomic E-state index is 13.6. The molecule has 2 aromatic carbocycles. The summed E-state index contributed by atoms with van der Waals surface area (Å²) in [5, 5.41) is 12.7. The Bertz CT molecular complexity index is 1400. The molecule has 0 bridgehead atoms. The Morgan fingerprint density at radius 2 is 1.95 bits per heavy atom. The number of nitrogens with one attached hydrogen (secondary N) is 1. The van der Waals surface area contributed by atoms with Gasteiger partial charge in [0.15, 0.2) is 0 Å². The number of allylic oxidation sites excluding steroid dienone is 2. The average molecular weight is 514 g/mol. The number of hydrogen-bond donors (Lipinski definition) is 2. The zero-order valence-electron chi connectivity index (χ0n) is 21.5. The maximum absolute atomic E-state index is 13.6. The highest BCUT2D eigenvalue weighted by Gasteiger charge is 2.36. The van der Waals surface area contributed by atoms with Crippen LogP contribution in [0.2, 0.25) is 0 Å². The molecule has 0 saturated carbocycles. The number of benzene rings is 2. The first-order valence-corrected chi connectivity index (χ1v) is 13.2. The number of halogens is 1. The molecule has 1 aliphatic carbocycles. The van der Waals surface area contributed by atoms with Crippen LogP contribution in [0, 0.1) is 5.82 Å². The van der Waals surface area contributed by atoms with Crippen LogP contribution < -0.4 is 5.32 Å². The van der Waals surface area contributed by atoms with Gasteiger partial charge in [0.1, 0.15) is 11.5 Å². The van der Waals surface area contributed by atoms with Crippen LogP contribution in [0.1, 0.15) is 77.8 Å². The van der Waals surface area contributed by atoms with Crippen LogP contribution in [0.5, 0.6) is 0 Å². The van der Waals surface area contributed by atoms with Crippen LogP contribution in [0.25, 0.3) is 16.8 Å². The molecule has 2 aliphatic rings. The quantitative estimate of drug-likeness (QED) is 0.413. The predicted octanol–water partition coefficient (Wildman–Crippen LogP) is 5.56. The molecule has 0 fully saturated rings. The number of nitrogens with zero attached hydrogens (tertiary/aromatic N) is 2. The van der Waals surface area contributed by atoms with Crippen LogP contribution in [0.4, 0.5) is 4.39 Å². The minimum absolute atomic E-state index is 0.00688. The van der Waals surface area contributed by atoms with Crippen LogP contribution in [-0.2, 0) is 17.9 Å². The van der Waals surface area contributed by atoms with Gasteiger partial charge in [0, 0.05) is 37.2 Å². The number of rotatable bonds is 8. The van der Waals surface area contributed by atoms with E-state index in [9.17, 15) is 19.1 Å². The van der Waals surface area contributed by atoms with Crippen molar-refractivity contribution in [3.05, 3.63) is 94.4 Å². The molecule has 1 aromatic heterocycles. The molecule has 1 atom stereocenters. The Balaban J connectivity index is 1.56. The number of aliphatic hydroxyl groups is 1. The lowest BCUT2D eigenvalue weighted by atomic mass is 9.93. The van der Waals surface area contributed by atoms with Gasteiger partial charge < -0.3 is 15.3 Å². The molecular weight excluding hydrogens is 481 g/mol. The number of carbonyl (C=O) groups excluding carboxylic acids is 2. The van der Waals surface area contributed by atoms with Crippen molar-refractivity contribution in [2.75, 3.05) is 6.61 Å². The van der Waals surface area contributed by atoms with E-state index < -0.39 is 0 Å². The van der Waals surface area contributed by atoms with E-state index in [4.69, 9.17) is 4.98 Å². The molecule has 2 amide bonds. The van der Waals surface area contributed by atoms with E-state index in [1.54, 1.807) is 23.1 Å². The highest BCUT2D eigenvalue weighted by molar-refractivity contribution is 5.94. The molecule has 2 heterocycles. The first-order chi connectivity index (χ1) is 18.5. The molecule has 6 nitrogen and oxygen atoms in total. The van der Waals surface area contributed by atoms with Crippen molar-refractivity contribution in [2.45, 2.75) is 58.2 Å². The molecule has 7 heteroatoms. The average Bonchev–Trinajstić information content (AvgIpc) is 3.60. The summed E-state index contributed by atoms with van der Waals surface area (Å²) in [7, 11) is 0. The number of fused-ring (bicyclic) bond motifs is 1. The summed E-state index contributed by atoms with van der Waals surface area (Å²) in [5.74, 6) is -0.734. The third kappa shape index (κ3) is 5.24. The Morgan fingerprint density at radius 1 is 1.13 bits per heavy atom. The second-order valence-corrected chi connectivity index (χ2v) is 9.85. The fraction of sp³-hybridized carbons (Fsp3) is 0.323. The van der Waals surface area contributed by atoms with E-state index in [0.717, 1.165) is 41.5 Å². The van der Waals surface area contributed by atoms with E-state index in [1.165, 1.54) is 17.7 Å². The second-order valence-electron chi connectivity index (χ2n) is 9.85. The maximum Gasteiger partial charge on any atom is 0.270 e. The number of carbonyl (C=O) groups is 2. The fourth-order valence-corrected chi connectivity index (χ4v) is 5.50. The van der Waals surface area contributed by atoms with Gasteiger partial charge in [-0.25, -0.2) is 9.37 Å². The molecule has 0 saturated heterocycles. The van der Waals surface area contributed by atoms with Gasteiger partial charge in [-0.2, -0.15) is 0 Å². The molecule has 0 radical (unpaired) electrons. The minimum Gasteiger partial charge on any atom is -0.396 e. The SMILES string of the molecule is CCC(=O)N1Cc2cc(C(=O)NCc3cccc(F)c3)nc(-c3cccc(C4=CCCC4)c3)c2[C@H]1CCO. The van der Waals surface area contributed by atoms with Crippen LogP contribution >= 0.6 is 0 Å².